The van der Waals surface area contributed by atoms with Gasteiger partial charge in [0.05, 0.1) is 31.4 Å². The Balaban J connectivity index is 2.05. The molecule has 0 aromatic heterocycles. The van der Waals surface area contributed by atoms with E-state index in [9.17, 15) is 18.8 Å². The third-order valence-electron chi connectivity index (χ3n) is 5.61. The number of methoxy groups -OCH3 is 1. The van der Waals surface area contributed by atoms with Crippen LogP contribution in [0, 0.1) is 5.82 Å². The van der Waals surface area contributed by atoms with Crippen LogP contribution in [0.15, 0.2) is 59.8 Å². The van der Waals surface area contributed by atoms with Crippen LogP contribution in [-0.4, -0.2) is 36.5 Å². The zero-order chi connectivity index (χ0) is 24.0. The number of rotatable bonds is 8. The number of halogens is 1. The summed E-state index contributed by atoms with van der Waals surface area (Å²) in [6.07, 6.45) is 1.23. The summed E-state index contributed by atoms with van der Waals surface area (Å²) in [5.74, 6) is -2.09. The molecule has 1 heterocycles. The van der Waals surface area contributed by atoms with E-state index < -0.39 is 23.7 Å². The van der Waals surface area contributed by atoms with Crippen LogP contribution in [0.3, 0.4) is 0 Å². The molecule has 2 aromatic rings. The van der Waals surface area contributed by atoms with Gasteiger partial charge in [-0.1, -0.05) is 37.6 Å². The molecule has 1 amide bonds. The first-order valence-corrected chi connectivity index (χ1v) is 11.0. The predicted octanol–water partition coefficient (Wildman–Crippen LogP) is 4.75. The van der Waals surface area contributed by atoms with Crippen molar-refractivity contribution in [3.05, 3.63) is 82.3 Å². The minimum Gasteiger partial charge on any atom is -0.465 e. The summed E-state index contributed by atoms with van der Waals surface area (Å²) in [5.41, 5.74) is 2.78. The van der Waals surface area contributed by atoms with E-state index >= 15 is 0 Å². The Hall–Kier alpha value is -3.48. The second-order valence-corrected chi connectivity index (χ2v) is 7.81. The fourth-order valence-electron chi connectivity index (χ4n) is 4.10. The molecule has 0 spiro atoms. The zero-order valence-corrected chi connectivity index (χ0v) is 19.1. The summed E-state index contributed by atoms with van der Waals surface area (Å²) in [5, 5.41) is 0. The topological polar surface area (TPSA) is 72.9 Å². The maximum atomic E-state index is 14.0. The molecule has 0 saturated carbocycles. The average Bonchev–Trinajstić information content (AvgIpc) is 2.81. The van der Waals surface area contributed by atoms with Gasteiger partial charge in [-0.15, -0.1) is 0 Å². The van der Waals surface area contributed by atoms with Crippen molar-refractivity contribution in [3.63, 3.8) is 0 Å². The molecule has 1 unspecified atom stereocenters. The predicted molar refractivity (Wildman–Crippen MR) is 121 cm³/mol. The number of nitrogens with zero attached hydrogens (tertiary/aromatic N) is 1. The van der Waals surface area contributed by atoms with Crippen LogP contribution < -0.4 is 0 Å². The van der Waals surface area contributed by atoms with Crippen molar-refractivity contribution in [1.29, 1.82) is 0 Å². The van der Waals surface area contributed by atoms with Gasteiger partial charge in [0, 0.05) is 18.0 Å². The minimum atomic E-state index is -0.577. The second kappa shape index (κ2) is 10.9. The number of allylic oxidation sites excluding steroid dienone is 1. The number of carbonyl (C=O) groups is 3. The lowest BCUT2D eigenvalue weighted by molar-refractivity contribution is -0.140. The molecule has 1 aliphatic rings. The number of hydrogen-bond donors (Lipinski definition) is 0. The van der Waals surface area contributed by atoms with E-state index in [0.29, 0.717) is 35.2 Å². The summed E-state index contributed by atoms with van der Waals surface area (Å²) in [4.78, 5) is 39.6. The van der Waals surface area contributed by atoms with E-state index in [1.165, 1.54) is 19.2 Å². The Morgan fingerprint density at radius 3 is 2.42 bits per heavy atom. The maximum absolute atomic E-state index is 14.0. The highest BCUT2D eigenvalue weighted by Gasteiger charge is 2.38. The Morgan fingerprint density at radius 1 is 1.09 bits per heavy atom. The molecule has 2 aromatic carbocycles. The Bertz CT molecular complexity index is 1060. The zero-order valence-electron chi connectivity index (χ0n) is 19.1. The Labute approximate surface area is 193 Å². The first kappa shape index (κ1) is 24.2. The van der Waals surface area contributed by atoms with E-state index in [2.05, 4.69) is 0 Å². The van der Waals surface area contributed by atoms with Crippen molar-refractivity contribution in [1.82, 2.24) is 4.90 Å². The van der Waals surface area contributed by atoms with Gasteiger partial charge in [0.2, 0.25) is 5.91 Å². The van der Waals surface area contributed by atoms with Crippen molar-refractivity contribution < 1.29 is 28.2 Å². The van der Waals surface area contributed by atoms with Crippen LogP contribution in [0.25, 0.3) is 0 Å². The van der Waals surface area contributed by atoms with Crippen molar-refractivity contribution in [3.8, 4) is 0 Å². The molecule has 1 atom stereocenters. The molecule has 0 bridgehead atoms. The first-order chi connectivity index (χ1) is 15.9. The fraction of sp³-hybridized carbons (Fsp3) is 0.346. The third kappa shape index (κ3) is 5.48. The van der Waals surface area contributed by atoms with E-state index in [-0.39, 0.29) is 25.5 Å². The summed E-state index contributed by atoms with van der Waals surface area (Å²) in [6.45, 7) is 4.13. The van der Waals surface area contributed by atoms with Gasteiger partial charge in [0.25, 0.3) is 0 Å². The molecule has 3 rings (SSSR count). The highest BCUT2D eigenvalue weighted by Crippen LogP contribution is 2.39. The maximum Gasteiger partial charge on any atom is 0.337 e. The van der Waals surface area contributed by atoms with Gasteiger partial charge in [-0.25, -0.2) is 14.0 Å². The minimum absolute atomic E-state index is 0.0328. The highest BCUT2D eigenvalue weighted by atomic mass is 19.1. The summed E-state index contributed by atoms with van der Waals surface area (Å²) in [6, 6.07) is 12.8. The molecule has 174 valence electrons. The Kier molecular flexibility index (Phi) is 7.98. The molecular weight excluding hydrogens is 425 g/mol. The van der Waals surface area contributed by atoms with Gasteiger partial charge in [-0.05, 0) is 48.7 Å². The molecular formula is C26H28FNO5. The van der Waals surface area contributed by atoms with Gasteiger partial charge in [0.15, 0.2) is 0 Å². The summed E-state index contributed by atoms with van der Waals surface area (Å²) in [7, 11) is 1.32. The monoisotopic (exact) mass is 453 g/mol. The van der Waals surface area contributed by atoms with Gasteiger partial charge in [-0.2, -0.15) is 0 Å². The van der Waals surface area contributed by atoms with Crippen molar-refractivity contribution in [2.24, 2.45) is 0 Å². The molecule has 0 aliphatic carbocycles. The standard InChI is InChI=1S/C26H28FNO5/c1-4-7-22-24(26(31)33-5-2)21(19-8-6-9-20(27)14-19)15-23(29)28(22)16-17-10-12-18(13-11-17)25(30)32-3/h6,8-14,21H,4-5,7,15-16H2,1-3H3. The first-order valence-electron chi connectivity index (χ1n) is 11.0. The quantitative estimate of drug-likeness (QED) is 0.540. The van der Waals surface area contributed by atoms with E-state index in [4.69, 9.17) is 9.47 Å². The normalized spacial score (nSPS) is 16.1. The largest absolute Gasteiger partial charge is 0.465 e. The van der Waals surface area contributed by atoms with E-state index in [1.807, 2.05) is 6.92 Å². The van der Waals surface area contributed by atoms with Crippen molar-refractivity contribution >= 4 is 17.8 Å². The number of benzene rings is 2. The van der Waals surface area contributed by atoms with E-state index in [1.54, 1.807) is 48.2 Å². The lowest BCUT2D eigenvalue weighted by atomic mass is 9.82. The number of hydrogen-bond acceptors (Lipinski definition) is 5. The molecule has 1 aliphatic heterocycles. The molecule has 33 heavy (non-hydrogen) atoms. The molecule has 0 N–H and O–H groups in total. The lowest BCUT2D eigenvalue weighted by Gasteiger charge is -2.36. The van der Waals surface area contributed by atoms with Crippen molar-refractivity contribution in [2.75, 3.05) is 13.7 Å². The molecule has 0 fully saturated rings. The number of ether oxygens (including phenoxy) is 2. The fourth-order valence-corrected chi connectivity index (χ4v) is 4.10. The second-order valence-electron chi connectivity index (χ2n) is 7.81. The molecule has 6 nitrogen and oxygen atoms in total. The molecule has 0 saturated heterocycles. The van der Waals surface area contributed by atoms with Gasteiger partial charge in [-0.3, -0.25) is 4.79 Å². The smallest absolute Gasteiger partial charge is 0.337 e. The Morgan fingerprint density at radius 2 is 1.82 bits per heavy atom. The average molecular weight is 454 g/mol. The number of carbonyl (C=O) groups excluding carboxylic acids is 3. The SMILES string of the molecule is CCCC1=C(C(=O)OCC)C(c2cccc(F)c2)CC(=O)N1Cc1ccc(C(=O)OC)cc1. The van der Waals surface area contributed by atoms with Crippen LogP contribution in [0.1, 0.15) is 60.5 Å². The summed E-state index contributed by atoms with van der Waals surface area (Å²) >= 11 is 0. The highest BCUT2D eigenvalue weighted by molar-refractivity contribution is 5.96. The van der Waals surface area contributed by atoms with Crippen LogP contribution in [0.2, 0.25) is 0 Å². The van der Waals surface area contributed by atoms with Gasteiger partial charge >= 0.3 is 11.9 Å². The van der Waals surface area contributed by atoms with E-state index in [0.717, 1.165) is 5.56 Å². The van der Waals surface area contributed by atoms with Crippen LogP contribution in [-0.2, 0) is 25.6 Å². The third-order valence-corrected chi connectivity index (χ3v) is 5.61. The van der Waals surface area contributed by atoms with Crippen LogP contribution in [0.5, 0.6) is 0 Å². The molecule has 7 heteroatoms. The summed E-state index contributed by atoms with van der Waals surface area (Å²) < 4.78 is 24.0. The van der Waals surface area contributed by atoms with Crippen molar-refractivity contribution in [2.45, 2.75) is 45.6 Å². The number of esters is 2. The molecule has 0 radical (unpaired) electrons. The number of amides is 1. The van der Waals surface area contributed by atoms with Crippen LogP contribution in [0.4, 0.5) is 4.39 Å². The van der Waals surface area contributed by atoms with Gasteiger partial charge in [0.1, 0.15) is 5.82 Å². The van der Waals surface area contributed by atoms with Crippen LogP contribution >= 0.6 is 0 Å². The van der Waals surface area contributed by atoms with Gasteiger partial charge < -0.3 is 14.4 Å². The lowest BCUT2D eigenvalue weighted by Crippen LogP contribution is -2.39.